The van der Waals surface area contributed by atoms with E-state index in [0.717, 1.165) is 38.1 Å². The van der Waals surface area contributed by atoms with Gasteiger partial charge in [0.25, 0.3) is 0 Å². The maximum atomic E-state index is 5.40. The monoisotopic (exact) mass is 786 g/mol. The average molecular weight is 787 g/mol. The third-order valence-electron chi connectivity index (χ3n) is 11.8. The third-order valence-corrected chi connectivity index (χ3v) is 14.2. The molecule has 274 valence electrons. The van der Waals surface area contributed by atoms with Gasteiger partial charge in [-0.25, -0.2) is 15.0 Å². The minimum Gasteiger partial charge on any atom is -0.309 e. The zero-order valence-corrected chi connectivity index (χ0v) is 33.1. The maximum Gasteiger partial charge on any atom is 0.165 e. The fourth-order valence-electron chi connectivity index (χ4n) is 9.14. The van der Waals surface area contributed by atoms with Crippen molar-refractivity contribution in [1.82, 2.24) is 19.5 Å². The largest absolute Gasteiger partial charge is 0.309 e. The van der Waals surface area contributed by atoms with Crippen molar-refractivity contribution < 1.29 is 0 Å². The highest BCUT2D eigenvalue weighted by atomic mass is 32.1. The Labute approximate surface area is 345 Å². The van der Waals surface area contributed by atoms with Crippen LogP contribution in [0.3, 0.4) is 0 Å². The quantitative estimate of drug-likeness (QED) is 0.178. The lowest BCUT2D eigenvalue weighted by Crippen LogP contribution is -2.01. The van der Waals surface area contributed by atoms with Gasteiger partial charge in [0.05, 0.1) is 11.0 Å². The molecule has 0 aliphatic carbocycles. The molecule has 6 heteroatoms. The summed E-state index contributed by atoms with van der Waals surface area (Å²) in [5.41, 5.74) is 6.29. The van der Waals surface area contributed by atoms with Crippen molar-refractivity contribution in [2.45, 2.75) is 0 Å². The summed E-state index contributed by atoms with van der Waals surface area (Å²) in [6, 6.07) is 65.5. The van der Waals surface area contributed by atoms with Crippen LogP contribution >= 0.6 is 22.7 Å². The number of hydrogen-bond donors (Lipinski definition) is 0. The van der Waals surface area contributed by atoms with Crippen LogP contribution in [0, 0.1) is 0 Å². The van der Waals surface area contributed by atoms with Crippen molar-refractivity contribution in [3.05, 3.63) is 182 Å². The first kappa shape index (κ1) is 32.8. The fourth-order valence-corrected chi connectivity index (χ4v) is 11.4. The van der Waals surface area contributed by atoms with Gasteiger partial charge in [0.1, 0.15) is 0 Å². The second kappa shape index (κ2) is 12.6. The summed E-state index contributed by atoms with van der Waals surface area (Å²) < 4.78 is 7.36. The predicted molar refractivity (Wildman–Crippen MR) is 251 cm³/mol. The van der Waals surface area contributed by atoms with Crippen LogP contribution in [0.1, 0.15) is 0 Å². The first-order valence-corrected chi connectivity index (χ1v) is 21.4. The van der Waals surface area contributed by atoms with Crippen LogP contribution in [0.2, 0.25) is 0 Å². The average Bonchev–Trinajstić information content (AvgIpc) is 3.98. The summed E-state index contributed by atoms with van der Waals surface area (Å²) in [5, 5.41) is 12.3. The summed E-state index contributed by atoms with van der Waals surface area (Å²) in [6.45, 7) is 0. The molecule has 0 radical (unpaired) electrons. The summed E-state index contributed by atoms with van der Waals surface area (Å²) in [4.78, 5) is 15.9. The second-order valence-electron chi connectivity index (χ2n) is 15.1. The van der Waals surface area contributed by atoms with Crippen molar-refractivity contribution in [3.63, 3.8) is 0 Å². The van der Waals surface area contributed by atoms with Crippen molar-refractivity contribution in [2.75, 3.05) is 0 Å². The van der Waals surface area contributed by atoms with Gasteiger partial charge >= 0.3 is 0 Å². The molecule has 0 bridgehead atoms. The number of thiophene rings is 2. The molecule has 4 aromatic heterocycles. The summed E-state index contributed by atoms with van der Waals surface area (Å²) >= 11 is 3.62. The van der Waals surface area contributed by atoms with E-state index in [2.05, 4.69) is 168 Å². The predicted octanol–water partition coefficient (Wildman–Crippen LogP) is 15.0. The molecule has 4 heterocycles. The second-order valence-corrected chi connectivity index (χ2v) is 17.3. The minimum absolute atomic E-state index is 0.648. The van der Waals surface area contributed by atoms with Crippen LogP contribution in [-0.4, -0.2) is 19.5 Å². The molecule has 4 nitrogen and oxygen atoms in total. The van der Waals surface area contributed by atoms with E-state index in [1.54, 1.807) is 11.3 Å². The standard InChI is InChI=1S/C53H30N4S2/c1-2-14-33(15-3-1)51-54-52(34-24-27-47-40(28-34)38-18-8-10-20-45(38)58-47)56-53(55-51)42-30-35(29-41-39-19-9-11-21-46(39)59-50(41)42)57-43-25-22-31-12-4-6-16-36(31)48(43)49-37-17-7-5-13-32(37)23-26-44(49)57/h1-30H. The van der Waals surface area contributed by atoms with Gasteiger partial charge in [-0.3, -0.25) is 0 Å². The summed E-state index contributed by atoms with van der Waals surface area (Å²) in [6.07, 6.45) is 0. The van der Waals surface area contributed by atoms with Gasteiger partial charge in [-0.15, -0.1) is 22.7 Å². The van der Waals surface area contributed by atoms with Gasteiger partial charge in [-0.1, -0.05) is 127 Å². The zero-order chi connectivity index (χ0) is 38.6. The SMILES string of the molecule is c1ccc(-c2nc(-c3ccc4sc5ccccc5c4c3)nc(-c3cc(-n4c5ccc6ccccc6c5c5c6ccccc6ccc54)cc4c3sc3ccccc34)n2)cc1. The molecule has 0 aliphatic heterocycles. The Bertz CT molecular complexity index is 3760. The van der Waals surface area contributed by atoms with E-state index in [0.29, 0.717) is 17.5 Å². The highest BCUT2D eigenvalue weighted by Gasteiger charge is 2.22. The van der Waals surface area contributed by atoms with Crippen molar-refractivity contribution >= 4 is 106 Å². The normalized spacial score (nSPS) is 12.1. The lowest BCUT2D eigenvalue weighted by atomic mass is 10.00. The first-order valence-electron chi connectivity index (χ1n) is 19.8. The van der Waals surface area contributed by atoms with Crippen molar-refractivity contribution in [3.8, 4) is 39.9 Å². The Morgan fingerprint density at radius 1 is 0.356 bits per heavy atom. The van der Waals surface area contributed by atoms with Crippen LogP contribution in [0.25, 0.3) is 124 Å². The van der Waals surface area contributed by atoms with Gasteiger partial charge in [-0.2, -0.15) is 0 Å². The highest BCUT2D eigenvalue weighted by Crippen LogP contribution is 2.45. The van der Waals surface area contributed by atoms with Crippen LogP contribution < -0.4 is 0 Å². The van der Waals surface area contributed by atoms with E-state index < -0.39 is 0 Å². The lowest BCUT2D eigenvalue weighted by Gasteiger charge is -2.13. The molecular weight excluding hydrogens is 757 g/mol. The molecular formula is C53H30N4S2. The molecule has 0 saturated heterocycles. The van der Waals surface area contributed by atoms with E-state index in [1.807, 2.05) is 29.5 Å². The van der Waals surface area contributed by atoms with Crippen LogP contribution in [0.15, 0.2) is 182 Å². The van der Waals surface area contributed by atoms with Crippen molar-refractivity contribution in [1.29, 1.82) is 0 Å². The molecule has 13 rings (SSSR count). The molecule has 0 N–H and O–H groups in total. The number of aromatic nitrogens is 4. The van der Waals surface area contributed by atoms with E-state index in [4.69, 9.17) is 15.0 Å². The number of fused-ring (bicyclic) bond motifs is 13. The molecule has 0 aliphatic rings. The zero-order valence-electron chi connectivity index (χ0n) is 31.4. The topological polar surface area (TPSA) is 43.6 Å². The summed E-state index contributed by atoms with van der Waals surface area (Å²) in [5.74, 6) is 1.95. The Kier molecular flexibility index (Phi) is 7.02. The first-order chi connectivity index (χ1) is 29.2. The Morgan fingerprint density at radius 2 is 0.898 bits per heavy atom. The molecule has 0 amide bonds. The molecule has 0 unspecified atom stereocenters. The molecule has 0 atom stereocenters. The van der Waals surface area contributed by atoms with Gasteiger partial charge in [0.15, 0.2) is 17.5 Å². The fraction of sp³-hybridized carbons (Fsp3) is 0. The minimum atomic E-state index is 0.648. The van der Waals surface area contributed by atoms with Crippen molar-refractivity contribution in [2.24, 2.45) is 0 Å². The van der Waals surface area contributed by atoms with E-state index in [1.165, 1.54) is 68.0 Å². The maximum absolute atomic E-state index is 5.40. The molecule has 13 aromatic rings. The van der Waals surface area contributed by atoms with E-state index in [-0.39, 0.29) is 0 Å². The van der Waals surface area contributed by atoms with E-state index in [9.17, 15) is 0 Å². The molecule has 59 heavy (non-hydrogen) atoms. The van der Waals surface area contributed by atoms with Gasteiger partial charge in [-0.05, 0) is 76.1 Å². The van der Waals surface area contributed by atoms with Gasteiger partial charge in [0, 0.05) is 73.5 Å². The van der Waals surface area contributed by atoms with Gasteiger partial charge < -0.3 is 4.57 Å². The van der Waals surface area contributed by atoms with Gasteiger partial charge in [0.2, 0.25) is 0 Å². The number of benzene rings is 9. The number of hydrogen-bond acceptors (Lipinski definition) is 5. The number of nitrogens with zero attached hydrogens (tertiary/aromatic N) is 4. The van der Waals surface area contributed by atoms with Crippen LogP contribution in [-0.2, 0) is 0 Å². The highest BCUT2D eigenvalue weighted by molar-refractivity contribution is 7.26. The Hall–Kier alpha value is -7.25. The van der Waals surface area contributed by atoms with E-state index >= 15 is 0 Å². The Morgan fingerprint density at radius 3 is 1.59 bits per heavy atom. The molecule has 0 saturated carbocycles. The molecule has 0 fully saturated rings. The third kappa shape index (κ3) is 4.97. The van der Waals surface area contributed by atoms with Crippen LogP contribution in [0.5, 0.6) is 0 Å². The number of rotatable bonds is 4. The lowest BCUT2D eigenvalue weighted by molar-refractivity contribution is 1.08. The Balaban J connectivity index is 1.13. The smallest absolute Gasteiger partial charge is 0.165 e. The van der Waals surface area contributed by atoms with Crippen LogP contribution in [0.4, 0.5) is 0 Å². The molecule has 0 spiro atoms. The summed E-state index contributed by atoms with van der Waals surface area (Å²) in [7, 11) is 0. The molecule has 9 aromatic carbocycles.